The quantitative estimate of drug-likeness (QED) is 0.695. The van der Waals surface area contributed by atoms with E-state index in [1.165, 1.54) is 84.0 Å². The molecule has 2 rings (SSSR count). The van der Waals surface area contributed by atoms with Crippen molar-refractivity contribution in [3.8, 4) is 0 Å². The zero-order valence-electron chi connectivity index (χ0n) is 11.3. The third-order valence-corrected chi connectivity index (χ3v) is 4.64. The number of hydrogen-bond acceptors (Lipinski definition) is 2. The van der Waals surface area contributed by atoms with E-state index >= 15 is 0 Å². The third-order valence-electron chi connectivity index (χ3n) is 4.64. The van der Waals surface area contributed by atoms with Crippen LogP contribution in [0.1, 0.15) is 57.8 Å². The van der Waals surface area contributed by atoms with E-state index in [4.69, 9.17) is 0 Å². The fourth-order valence-electron chi connectivity index (χ4n) is 3.38. The van der Waals surface area contributed by atoms with E-state index in [9.17, 15) is 0 Å². The predicted octanol–water partition coefficient (Wildman–Crippen LogP) is 2.94. The molecule has 1 saturated carbocycles. The van der Waals surface area contributed by atoms with Crippen LogP contribution in [0.2, 0.25) is 0 Å². The third kappa shape index (κ3) is 5.39. The Labute approximate surface area is 107 Å². The molecule has 0 aromatic rings. The number of piperidine rings is 1. The molecule has 0 bridgehead atoms. The van der Waals surface area contributed by atoms with E-state index < -0.39 is 0 Å². The summed E-state index contributed by atoms with van der Waals surface area (Å²) in [5.74, 6) is 2.02. The lowest BCUT2D eigenvalue weighted by molar-refractivity contribution is 0.323. The molecule has 0 atom stereocenters. The molecule has 0 spiro atoms. The Balaban J connectivity index is 1.42. The molecular weight excluding hydrogens is 208 g/mol. The molecule has 2 heteroatoms. The summed E-state index contributed by atoms with van der Waals surface area (Å²) in [5.41, 5.74) is 0. The molecule has 2 fully saturated rings. The highest BCUT2D eigenvalue weighted by Gasteiger charge is 2.14. The lowest BCUT2D eigenvalue weighted by atomic mass is 9.87. The molecule has 1 saturated heterocycles. The monoisotopic (exact) mass is 238 g/mol. The molecule has 2 N–H and O–H groups in total. The average molecular weight is 238 g/mol. The van der Waals surface area contributed by atoms with Gasteiger partial charge in [0.15, 0.2) is 0 Å². The minimum atomic E-state index is 0.985. The molecule has 0 aromatic heterocycles. The SMILES string of the molecule is C1CCC(CCNCCC2CCNCC2)CC1. The fraction of sp³-hybridized carbons (Fsp3) is 1.00. The van der Waals surface area contributed by atoms with Crippen LogP contribution >= 0.6 is 0 Å². The van der Waals surface area contributed by atoms with Crippen molar-refractivity contribution < 1.29 is 0 Å². The van der Waals surface area contributed by atoms with Crippen LogP contribution < -0.4 is 10.6 Å². The number of rotatable bonds is 6. The van der Waals surface area contributed by atoms with Crippen molar-refractivity contribution >= 4 is 0 Å². The average Bonchev–Trinajstić information content (AvgIpc) is 2.41. The van der Waals surface area contributed by atoms with Gasteiger partial charge in [-0.15, -0.1) is 0 Å². The second-order valence-electron chi connectivity index (χ2n) is 6.02. The van der Waals surface area contributed by atoms with Crippen LogP contribution in [0.25, 0.3) is 0 Å². The van der Waals surface area contributed by atoms with E-state index in [1.54, 1.807) is 0 Å². The first kappa shape index (κ1) is 13.4. The van der Waals surface area contributed by atoms with Gasteiger partial charge in [-0.3, -0.25) is 0 Å². The Bertz CT molecular complexity index is 161. The van der Waals surface area contributed by atoms with Crippen LogP contribution in [0, 0.1) is 11.8 Å². The van der Waals surface area contributed by atoms with Crippen LogP contribution in [0.4, 0.5) is 0 Å². The summed E-state index contributed by atoms with van der Waals surface area (Å²) in [6.07, 6.45) is 13.1. The van der Waals surface area contributed by atoms with Gasteiger partial charge in [-0.25, -0.2) is 0 Å². The van der Waals surface area contributed by atoms with Crippen molar-refractivity contribution in [2.45, 2.75) is 57.8 Å². The minimum absolute atomic E-state index is 0.985. The highest BCUT2D eigenvalue weighted by molar-refractivity contribution is 4.70. The van der Waals surface area contributed by atoms with Gasteiger partial charge in [0.05, 0.1) is 0 Å². The van der Waals surface area contributed by atoms with Crippen molar-refractivity contribution in [1.29, 1.82) is 0 Å². The lowest BCUT2D eigenvalue weighted by Crippen LogP contribution is -2.30. The topological polar surface area (TPSA) is 24.1 Å². The van der Waals surface area contributed by atoms with Crippen molar-refractivity contribution in [1.82, 2.24) is 10.6 Å². The maximum absolute atomic E-state index is 3.66. The van der Waals surface area contributed by atoms with Gasteiger partial charge < -0.3 is 10.6 Å². The largest absolute Gasteiger partial charge is 0.317 e. The van der Waals surface area contributed by atoms with Crippen molar-refractivity contribution in [2.75, 3.05) is 26.2 Å². The molecule has 2 nitrogen and oxygen atoms in total. The van der Waals surface area contributed by atoms with Gasteiger partial charge in [-0.05, 0) is 63.7 Å². The first-order valence-electron chi connectivity index (χ1n) is 7.86. The maximum atomic E-state index is 3.66. The summed E-state index contributed by atoms with van der Waals surface area (Å²) < 4.78 is 0. The Morgan fingerprint density at radius 1 is 0.765 bits per heavy atom. The smallest absolute Gasteiger partial charge is 0.00463 e. The van der Waals surface area contributed by atoms with Crippen LogP contribution in [0.15, 0.2) is 0 Å². The molecule has 0 radical (unpaired) electrons. The molecule has 1 aliphatic carbocycles. The standard InChI is InChI=1S/C15H30N2/c1-2-4-14(5-3-1)6-10-16-11-7-15-8-12-17-13-9-15/h14-17H,1-13H2. The van der Waals surface area contributed by atoms with Gasteiger partial charge in [-0.2, -0.15) is 0 Å². The van der Waals surface area contributed by atoms with Crippen molar-refractivity contribution in [3.63, 3.8) is 0 Å². The van der Waals surface area contributed by atoms with E-state index in [0.29, 0.717) is 0 Å². The normalized spacial score (nSPS) is 24.0. The van der Waals surface area contributed by atoms with Crippen LogP contribution in [0.5, 0.6) is 0 Å². The van der Waals surface area contributed by atoms with E-state index in [0.717, 1.165) is 11.8 Å². The predicted molar refractivity (Wildman–Crippen MR) is 74.3 cm³/mol. The van der Waals surface area contributed by atoms with Crippen molar-refractivity contribution in [2.24, 2.45) is 11.8 Å². The zero-order valence-corrected chi connectivity index (χ0v) is 11.3. The Hall–Kier alpha value is -0.0800. The first-order chi connectivity index (χ1) is 8.45. The molecule has 1 heterocycles. The summed E-state index contributed by atoms with van der Waals surface area (Å²) in [6, 6.07) is 0. The minimum Gasteiger partial charge on any atom is -0.317 e. The summed E-state index contributed by atoms with van der Waals surface area (Å²) in [4.78, 5) is 0. The van der Waals surface area contributed by atoms with Gasteiger partial charge in [0.2, 0.25) is 0 Å². The van der Waals surface area contributed by atoms with Gasteiger partial charge in [0.25, 0.3) is 0 Å². The molecule has 100 valence electrons. The highest BCUT2D eigenvalue weighted by atomic mass is 14.9. The number of hydrogen-bond donors (Lipinski definition) is 2. The molecule has 17 heavy (non-hydrogen) atoms. The van der Waals surface area contributed by atoms with Crippen LogP contribution in [-0.4, -0.2) is 26.2 Å². The van der Waals surface area contributed by atoms with E-state index in [1.807, 2.05) is 0 Å². The fourth-order valence-corrected chi connectivity index (χ4v) is 3.38. The maximum Gasteiger partial charge on any atom is -0.00463 e. The molecular formula is C15H30N2. The van der Waals surface area contributed by atoms with E-state index in [-0.39, 0.29) is 0 Å². The summed E-state index contributed by atoms with van der Waals surface area (Å²) in [6.45, 7) is 4.99. The summed E-state index contributed by atoms with van der Waals surface area (Å²) in [5, 5.41) is 7.10. The van der Waals surface area contributed by atoms with Gasteiger partial charge in [0, 0.05) is 0 Å². The molecule has 0 unspecified atom stereocenters. The molecule has 0 aromatic carbocycles. The van der Waals surface area contributed by atoms with Gasteiger partial charge >= 0.3 is 0 Å². The second-order valence-corrected chi connectivity index (χ2v) is 6.02. The van der Waals surface area contributed by atoms with E-state index in [2.05, 4.69) is 10.6 Å². The van der Waals surface area contributed by atoms with Gasteiger partial charge in [0.1, 0.15) is 0 Å². The number of nitrogens with one attached hydrogen (secondary N) is 2. The Morgan fingerprint density at radius 2 is 1.35 bits per heavy atom. The lowest BCUT2D eigenvalue weighted by Gasteiger charge is -2.23. The van der Waals surface area contributed by atoms with Gasteiger partial charge in [-0.1, -0.05) is 32.1 Å². The molecule has 1 aliphatic heterocycles. The molecule has 0 amide bonds. The first-order valence-corrected chi connectivity index (χ1v) is 7.86. The highest BCUT2D eigenvalue weighted by Crippen LogP contribution is 2.25. The Morgan fingerprint density at radius 3 is 2.00 bits per heavy atom. The summed E-state index contributed by atoms with van der Waals surface area (Å²) in [7, 11) is 0. The van der Waals surface area contributed by atoms with Crippen LogP contribution in [0.3, 0.4) is 0 Å². The second kappa shape index (κ2) is 8.10. The van der Waals surface area contributed by atoms with Crippen LogP contribution in [-0.2, 0) is 0 Å². The Kier molecular flexibility index (Phi) is 6.36. The summed E-state index contributed by atoms with van der Waals surface area (Å²) >= 11 is 0. The molecule has 2 aliphatic rings. The van der Waals surface area contributed by atoms with Crippen molar-refractivity contribution in [3.05, 3.63) is 0 Å². The zero-order chi connectivity index (χ0) is 11.8.